The van der Waals surface area contributed by atoms with Crippen LogP contribution in [0.1, 0.15) is 43.6 Å². The number of hydrogen-bond acceptors (Lipinski definition) is 5. The highest BCUT2D eigenvalue weighted by Crippen LogP contribution is 2.29. The summed E-state index contributed by atoms with van der Waals surface area (Å²) in [6.07, 6.45) is 5.04. The highest BCUT2D eigenvalue weighted by atomic mass is 16.5. The number of furan rings is 1. The van der Waals surface area contributed by atoms with Crippen molar-refractivity contribution in [3.8, 4) is 0 Å². The average molecular weight is 389 g/mol. The van der Waals surface area contributed by atoms with Gasteiger partial charge in [0, 0.05) is 19.1 Å². The van der Waals surface area contributed by atoms with Gasteiger partial charge in [0.2, 0.25) is 11.8 Å². The number of carbonyl (C=O) groups is 2. The molecule has 2 saturated heterocycles. The maximum atomic E-state index is 13.1. The fraction of sp³-hybridized carbons (Fsp3) is 0.714. The molecule has 0 N–H and O–H groups in total. The van der Waals surface area contributed by atoms with Gasteiger partial charge in [-0.25, -0.2) is 0 Å². The fourth-order valence-electron chi connectivity index (χ4n) is 4.26. The van der Waals surface area contributed by atoms with Crippen molar-refractivity contribution < 1.29 is 18.7 Å². The second-order valence-corrected chi connectivity index (χ2v) is 8.18. The van der Waals surface area contributed by atoms with Crippen molar-refractivity contribution in [2.45, 2.75) is 57.7 Å². The lowest BCUT2D eigenvalue weighted by molar-refractivity contribution is -0.144. The van der Waals surface area contributed by atoms with Crippen LogP contribution in [0.4, 0.5) is 0 Å². The number of nitrogens with zero attached hydrogens (tertiary/aromatic N) is 3. The minimum Gasteiger partial charge on any atom is -0.464 e. The van der Waals surface area contributed by atoms with Gasteiger partial charge in [-0.3, -0.25) is 14.5 Å². The Balaban J connectivity index is 1.40. The van der Waals surface area contributed by atoms with Crippen LogP contribution in [0.2, 0.25) is 0 Å². The van der Waals surface area contributed by atoms with E-state index in [4.69, 9.17) is 9.15 Å². The quantitative estimate of drug-likeness (QED) is 0.742. The predicted molar refractivity (Wildman–Crippen MR) is 104 cm³/mol. The van der Waals surface area contributed by atoms with Crippen LogP contribution in [0.5, 0.6) is 0 Å². The van der Waals surface area contributed by atoms with Crippen molar-refractivity contribution in [3.05, 3.63) is 23.7 Å². The first-order valence-corrected chi connectivity index (χ1v) is 10.6. The summed E-state index contributed by atoms with van der Waals surface area (Å²) in [5.74, 6) is 1.97. The van der Waals surface area contributed by atoms with Crippen LogP contribution in [0.15, 0.2) is 16.5 Å². The lowest BCUT2D eigenvalue weighted by Crippen LogP contribution is -2.55. The summed E-state index contributed by atoms with van der Waals surface area (Å²) in [5.41, 5.74) is 0. The second kappa shape index (κ2) is 8.66. The topological polar surface area (TPSA) is 66.2 Å². The smallest absolute Gasteiger partial charge is 0.240 e. The molecule has 1 aromatic heterocycles. The van der Waals surface area contributed by atoms with E-state index in [0.717, 1.165) is 50.2 Å². The molecule has 3 heterocycles. The van der Waals surface area contributed by atoms with Crippen molar-refractivity contribution in [3.63, 3.8) is 0 Å². The lowest BCUT2D eigenvalue weighted by Gasteiger charge is -2.39. The summed E-state index contributed by atoms with van der Waals surface area (Å²) in [6, 6.07) is 4.02. The first kappa shape index (κ1) is 19.5. The summed E-state index contributed by atoms with van der Waals surface area (Å²) >= 11 is 0. The van der Waals surface area contributed by atoms with Gasteiger partial charge < -0.3 is 19.0 Å². The zero-order chi connectivity index (χ0) is 19.5. The lowest BCUT2D eigenvalue weighted by atomic mass is 10.0. The predicted octanol–water partition coefficient (Wildman–Crippen LogP) is 1.79. The molecule has 1 atom stereocenters. The van der Waals surface area contributed by atoms with Gasteiger partial charge in [-0.15, -0.1) is 0 Å². The van der Waals surface area contributed by atoms with E-state index < -0.39 is 0 Å². The standard InChI is InChI=1S/C21H31N3O4/c1-16-5-8-18(28-16)14-24(17-6-7-17)20(25)15-23-9-3-2-4-19(23)21(26)22-10-12-27-13-11-22/h5,8,17,19H,2-4,6-7,9-15H2,1H3. The molecule has 1 unspecified atom stereocenters. The molecule has 1 saturated carbocycles. The van der Waals surface area contributed by atoms with E-state index in [1.807, 2.05) is 28.9 Å². The molecule has 1 aromatic rings. The third-order valence-electron chi connectivity index (χ3n) is 5.99. The van der Waals surface area contributed by atoms with Crippen LogP contribution >= 0.6 is 0 Å². The van der Waals surface area contributed by atoms with Gasteiger partial charge in [0.15, 0.2) is 0 Å². The Morgan fingerprint density at radius 2 is 1.89 bits per heavy atom. The number of morpholine rings is 1. The highest BCUT2D eigenvalue weighted by molar-refractivity contribution is 5.84. The van der Waals surface area contributed by atoms with Gasteiger partial charge in [-0.2, -0.15) is 0 Å². The molecule has 7 nitrogen and oxygen atoms in total. The zero-order valence-corrected chi connectivity index (χ0v) is 16.8. The molecule has 0 radical (unpaired) electrons. The van der Waals surface area contributed by atoms with E-state index in [-0.39, 0.29) is 17.9 Å². The SMILES string of the molecule is Cc1ccc(CN(C(=O)CN2CCCCC2C(=O)N2CCOCC2)C2CC2)o1. The maximum absolute atomic E-state index is 13.1. The monoisotopic (exact) mass is 389 g/mol. The number of carbonyl (C=O) groups excluding carboxylic acids is 2. The number of aryl methyl sites for hydroxylation is 1. The maximum Gasteiger partial charge on any atom is 0.240 e. The average Bonchev–Trinajstić information content (AvgIpc) is 3.48. The Hall–Kier alpha value is -1.86. The molecule has 1 aliphatic carbocycles. The third-order valence-corrected chi connectivity index (χ3v) is 5.99. The number of likely N-dealkylation sites (tertiary alicyclic amines) is 1. The van der Waals surface area contributed by atoms with E-state index in [1.54, 1.807) is 0 Å². The molecule has 3 fully saturated rings. The molecule has 4 rings (SSSR count). The molecule has 154 valence electrons. The second-order valence-electron chi connectivity index (χ2n) is 8.18. The van der Waals surface area contributed by atoms with Crippen LogP contribution in [0.25, 0.3) is 0 Å². The first-order chi connectivity index (χ1) is 13.6. The summed E-state index contributed by atoms with van der Waals surface area (Å²) in [5, 5.41) is 0. The minimum atomic E-state index is -0.178. The van der Waals surface area contributed by atoms with Crippen molar-refractivity contribution in [1.29, 1.82) is 0 Å². The van der Waals surface area contributed by atoms with Crippen LogP contribution < -0.4 is 0 Å². The highest BCUT2D eigenvalue weighted by Gasteiger charge is 2.37. The minimum absolute atomic E-state index is 0.109. The zero-order valence-electron chi connectivity index (χ0n) is 16.8. The van der Waals surface area contributed by atoms with Gasteiger partial charge in [-0.05, 0) is 51.3 Å². The Morgan fingerprint density at radius 3 is 2.57 bits per heavy atom. The number of amides is 2. The van der Waals surface area contributed by atoms with E-state index in [1.165, 1.54) is 0 Å². The number of hydrogen-bond donors (Lipinski definition) is 0. The molecule has 0 aromatic carbocycles. The molecule has 0 spiro atoms. The van der Waals surface area contributed by atoms with Crippen LogP contribution in [0, 0.1) is 6.92 Å². The molecule has 0 bridgehead atoms. The van der Waals surface area contributed by atoms with Crippen molar-refractivity contribution in [1.82, 2.24) is 14.7 Å². The van der Waals surface area contributed by atoms with Crippen molar-refractivity contribution in [2.75, 3.05) is 39.4 Å². The van der Waals surface area contributed by atoms with Crippen LogP contribution in [0.3, 0.4) is 0 Å². The normalized spacial score (nSPS) is 23.6. The Kier molecular flexibility index (Phi) is 6.01. The summed E-state index contributed by atoms with van der Waals surface area (Å²) in [6.45, 7) is 6.09. The van der Waals surface area contributed by atoms with Crippen molar-refractivity contribution >= 4 is 11.8 Å². The molecule has 2 aliphatic heterocycles. The Labute approximate surface area is 166 Å². The van der Waals surface area contributed by atoms with Crippen LogP contribution in [-0.4, -0.2) is 78.0 Å². The number of ether oxygens (including phenoxy) is 1. The van der Waals surface area contributed by atoms with Crippen molar-refractivity contribution in [2.24, 2.45) is 0 Å². The molecular weight excluding hydrogens is 358 g/mol. The Bertz CT molecular complexity index is 694. The van der Waals surface area contributed by atoms with Gasteiger partial charge in [0.1, 0.15) is 11.5 Å². The summed E-state index contributed by atoms with van der Waals surface area (Å²) in [4.78, 5) is 32.1. The van der Waals surface area contributed by atoms with E-state index in [2.05, 4.69) is 4.90 Å². The molecule has 2 amide bonds. The van der Waals surface area contributed by atoms with E-state index in [9.17, 15) is 9.59 Å². The van der Waals surface area contributed by atoms with Crippen LogP contribution in [-0.2, 0) is 20.9 Å². The van der Waals surface area contributed by atoms with Gasteiger partial charge in [0.25, 0.3) is 0 Å². The van der Waals surface area contributed by atoms with Gasteiger partial charge in [0.05, 0.1) is 32.3 Å². The third kappa shape index (κ3) is 4.58. The van der Waals surface area contributed by atoms with E-state index in [0.29, 0.717) is 45.4 Å². The van der Waals surface area contributed by atoms with Gasteiger partial charge in [-0.1, -0.05) is 6.42 Å². The number of piperidine rings is 1. The summed E-state index contributed by atoms with van der Waals surface area (Å²) < 4.78 is 11.1. The fourth-order valence-corrected chi connectivity index (χ4v) is 4.26. The first-order valence-electron chi connectivity index (χ1n) is 10.6. The number of rotatable bonds is 6. The van der Waals surface area contributed by atoms with E-state index >= 15 is 0 Å². The molecule has 28 heavy (non-hydrogen) atoms. The molecule has 3 aliphatic rings. The van der Waals surface area contributed by atoms with Gasteiger partial charge >= 0.3 is 0 Å². The molecular formula is C21H31N3O4. The molecule has 7 heteroatoms. The largest absolute Gasteiger partial charge is 0.464 e. The summed E-state index contributed by atoms with van der Waals surface area (Å²) in [7, 11) is 0. The Morgan fingerprint density at radius 1 is 1.11 bits per heavy atom.